The molecule has 5 nitrogen and oxygen atoms in total. The highest BCUT2D eigenvalue weighted by Crippen LogP contribution is 2.48. The molecule has 0 radical (unpaired) electrons. The Morgan fingerprint density at radius 3 is 2.63 bits per heavy atom. The number of carboxylic acid groups (broad SMARTS) is 1. The van der Waals surface area contributed by atoms with Gasteiger partial charge in [0.15, 0.2) is 0 Å². The minimum Gasteiger partial charge on any atom is -0.481 e. The van der Waals surface area contributed by atoms with Gasteiger partial charge in [0, 0.05) is 6.20 Å². The van der Waals surface area contributed by atoms with Gasteiger partial charge in [0.25, 0.3) is 0 Å². The third-order valence-electron chi connectivity index (χ3n) is 3.98. The first-order chi connectivity index (χ1) is 9.16. The third kappa shape index (κ3) is 2.01. The number of hydrogen-bond acceptors (Lipinski definition) is 3. The van der Waals surface area contributed by atoms with Crippen LogP contribution in [0.25, 0.3) is 0 Å². The van der Waals surface area contributed by atoms with Crippen molar-refractivity contribution in [3.8, 4) is 0 Å². The molecule has 1 aromatic heterocycles. The number of anilines is 1. The van der Waals surface area contributed by atoms with Crippen LogP contribution in [0.3, 0.4) is 0 Å². The highest BCUT2D eigenvalue weighted by molar-refractivity contribution is 5.96. The number of carbonyl (C=O) groups excluding carboxylic acids is 1. The number of fused-ring (bicyclic) bond motifs is 2. The molecule has 1 saturated carbocycles. The van der Waals surface area contributed by atoms with Gasteiger partial charge in [0.1, 0.15) is 0 Å². The van der Waals surface area contributed by atoms with Crippen LogP contribution >= 0.6 is 0 Å². The van der Waals surface area contributed by atoms with Gasteiger partial charge < -0.3 is 10.4 Å². The van der Waals surface area contributed by atoms with E-state index in [1.165, 1.54) is 0 Å². The monoisotopic (exact) mass is 258 g/mol. The molecule has 1 fully saturated rings. The quantitative estimate of drug-likeness (QED) is 0.806. The Labute approximate surface area is 110 Å². The van der Waals surface area contributed by atoms with Crippen molar-refractivity contribution in [2.45, 2.75) is 6.42 Å². The molecule has 19 heavy (non-hydrogen) atoms. The zero-order valence-corrected chi connectivity index (χ0v) is 10.2. The molecule has 5 heteroatoms. The molecule has 3 rings (SSSR count). The number of rotatable bonds is 3. The summed E-state index contributed by atoms with van der Waals surface area (Å²) in [5.41, 5.74) is 0.600. The molecule has 2 aliphatic carbocycles. The summed E-state index contributed by atoms with van der Waals surface area (Å²) in [6.45, 7) is 0. The maximum Gasteiger partial charge on any atom is 0.307 e. The predicted molar refractivity (Wildman–Crippen MR) is 68.2 cm³/mol. The topological polar surface area (TPSA) is 79.3 Å². The average molecular weight is 258 g/mol. The van der Waals surface area contributed by atoms with Gasteiger partial charge in [-0.3, -0.25) is 14.6 Å². The number of carboxylic acids is 1. The fourth-order valence-corrected chi connectivity index (χ4v) is 3.18. The van der Waals surface area contributed by atoms with Crippen LogP contribution in [0.4, 0.5) is 5.69 Å². The van der Waals surface area contributed by atoms with Gasteiger partial charge in [-0.1, -0.05) is 12.2 Å². The minimum atomic E-state index is -0.886. The van der Waals surface area contributed by atoms with E-state index in [9.17, 15) is 14.7 Å². The SMILES string of the molecule is O=C(O)[C@@H]1[C@H](C(=O)Nc2cccnc2)[C@@H]2C=C[C@H]1C2. The highest BCUT2D eigenvalue weighted by Gasteiger charge is 2.51. The van der Waals surface area contributed by atoms with E-state index in [1.807, 2.05) is 12.2 Å². The lowest BCUT2D eigenvalue weighted by Gasteiger charge is -2.23. The van der Waals surface area contributed by atoms with Gasteiger partial charge in [-0.05, 0) is 30.4 Å². The van der Waals surface area contributed by atoms with Crippen LogP contribution in [-0.4, -0.2) is 22.0 Å². The molecule has 98 valence electrons. The molecular weight excluding hydrogens is 244 g/mol. The summed E-state index contributed by atoms with van der Waals surface area (Å²) < 4.78 is 0. The molecule has 2 bridgehead atoms. The number of nitrogens with one attached hydrogen (secondary N) is 1. The van der Waals surface area contributed by atoms with Crippen molar-refractivity contribution in [1.29, 1.82) is 0 Å². The number of hydrogen-bond donors (Lipinski definition) is 2. The highest BCUT2D eigenvalue weighted by atomic mass is 16.4. The summed E-state index contributed by atoms with van der Waals surface area (Å²) >= 11 is 0. The summed E-state index contributed by atoms with van der Waals surface area (Å²) in [5.74, 6) is -2.16. The molecular formula is C14H14N2O3. The normalized spacial score (nSPS) is 31.4. The predicted octanol–water partition coefficient (Wildman–Crippen LogP) is 1.54. The fraction of sp³-hybridized carbons (Fsp3) is 0.357. The number of amides is 1. The van der Waals surface area contributed by atoms with Crippen LogP contribution in [0.15, 0.2) is 36.7 Å². The van der Waals surface area contributed by atoms with Crippen LogP contribution in [0.1, 0.15) is 6.42 Å². The molecule has 1 heterocycles. The van der Waals surface area contributed by atoms with Gasteiger partial charge in [0.05, 0.1) is 23.7 Å². The molecule has 0 unspecified atom stereocenters. The molecule has 0 aromatic carbocycles. The van der Waals surface area contributed by atoms with E-state index < -0.39 is 17.8 Å². The maximum atomic E-state index is 12.3. The van der Waals surface area contributed by atoms with E-state index >= 15 is 0 Å². The Bertz CT molecular complexity index is 541. The summed E-state index contributed by atoms with van der Waals surface area (Å²) in [5, 5.41) is 12.0. The molecule has 2 N–H and O–H groups in total. The van der Waals surface area contributed by atoms with Crippen LogP contribution in [0.2, 0.25) is 0 Å². The zero-order valence-electron chi connectivity index (χ0n) is 10.2. The van der Waals surface area contributed by atoms with Crippen molar-refractivity contribution in [2.75, 3.05) is 5.32 Å². The summed E-state index contributed by atoms with van der Waals surface area (Å²) in [6.07, 6.45) is 7.84. The molecule has 1 amide bonds. The van der Waals surface area contributed by atoms with Crippen molar-refractivity contribution in [2.24, 2.45) is 23.7 Å². The fourth-order valence-electron chi connectivity index (χ4n) is 3.18. The second-order valence-electron chi connectivity index (χ2n) is 5.07. The second kappa shape index (κ2) is 4.50. The van der Waals surface area contributed by atoms with Crippen LogP contribution in [0.5, 0.6) is 0 Å². The molecule has 0 spiro atoms. The number of aliphatic carboxylic acids is 1. The number of carbonyl (C=O) groups is 2. The van der Waals surface area contributed by atoms with E-state index in [1.54, 1.807) is 24.5 Å². The van der Waals surface area contributed by atoms with Gasteiger partial charge in [-0.15, -0.1) is 0 Å². The molecule has 0 aliphatic heterocycles. The summed E-state index contributed by atoms with van der Waals surface area (Å²) in [7, 11) is 0. The first-order valence-electron chi connectivity index (χ1n) is 6.29. The van der Waals surface area contributed by atoms with Crippen LogP contribution < -0.4 is 5.32 Å². The molecule has 2 aliphatic rings. The van der Waals surface area contributed by atoms with Gasteiger partial charge >= 0.3 is 5.97 Å². The van der Waals surface area contributed by atoms with Crippen molar-refractivity contribution >= 4 is 17.6 Å². The molecule has 1 aromatic rings. The Morgan fingerprint density at radius 1 is 1.26 bits per heavy atom. The Morgan fingerprint density at radius 2 is 2.00 bits per heavy atom. The van der Waals surface area contributed by atoms with Crippen molar-refractivity contribution in [3.63, 3.8) is 0 Å². The van der Waals surface area contributed by atoms with E-state index in [4.69, 9.17) is 0 Å². The van der Waals surface area contributed by atoms with Crippen molar-refractivity contribution < 1.29 is 14.7 Å². The lowest BCUT2D eigenvalue weighted by Crippen LogP contribution is -2.36. The Balaban J connectivity index is 1.79. The number of allylic oxidation sites excluding steroid dienone is 2. The lowest BCUT2D eigenvalue weighted by atomic mass is 9.82. The summed E-state index contributed by atoms with van der Waals surface area (Å²) in [6, 6.07) is 3.47. The standard InChI is InChI=1S/C14H14N2O3/c17-13(16-10-2-1-5-15-7-10)11-8-3-4-9(6-8)12(11)14(18)19/h1-5,7-9,11-12H,6H2,(H,16,17)(H,18,19)/t8-,9+,11-,12+/m1/s1. The minimum absolute atomic E-state index is 0.00727. The Hall–Kier alpha value is -2.17. The van der Waals surface area contributed by atoms with Crippen molar-refractivity contribution in [3.05, 3.63) is 36.7 Å². The van der Waals surface area contributed by atoms with E-state index in [2.05, 4.69) is 10.3 Å². The largest absolute Gasteiger partial charge is 0.481 e. The molecule has 0 saturated heterocycles. The Kier molecular flexibility index (Phi) is 2.81. The molecule has 4 atom stereocenters. The zero-order chi connectivity index (χ0) is 13.4. The maximum absolute atomic E-state index is 12.3. The smallest absolute Gasteiger partial charge is 0.307 e. The summed E-state index contributed by atoms with van der Waals surface area (Å²) in [4.78, 5) is 27.5. The van der Waals surface area contributed by atoms with Gasteiger partial charge in [-0.2, -0.15) is 0 Å². The third-order valence-corrected chi connectivity index (χ3v) is 3.98. The second-order valence-corrected chi connectivity index (χ2v) is 5.07. The van der Waals surface area contributed by atoms with Crippen molar-refractivity contribution in [1.82, 2.24) is 4.98 Å². The van der Waals surface area contributed by atoms with E-state index in [0.29, 0.717) is 5.69 Å². The first-order valence-corrected chi connectivity index (χ1v) is 6.29. The van der Waals surface area contributed by atoms with E-state index in [-0.39, 0.29) is 17.7 Å². The average Bonchev–Trinajstić information content (AvgIpc) is 2.99. The lowest BCUT2D eigenvalue weighted by molar-refractivity contribution is -0.146. The first kappa shape index (κ1) is 11.9. The number of nitrogens with zero attached hydrogens (tertiary/aromatic N) is 1. The number of pyridine rings is 1. The van der Waals surface area contributed by atoms with Crippen LogP contribution in [0, 0.1) is 23.7 Å². The van der Waals surface area contributed by atoms with Gasteiger partial charge in [-0.25, -0.2) is 0 Å². The number of aromatic nitrogens is 1. The van der Waals surface area contributed by atoms with Crippen LogP contribution in [-0.2, 0) is 9.59 Å². The van der Waals surface area contributed by atoms with Gasteiger partial charge in [0.2, 0.25) is 5.91 Å². The van der Waals surface area contributed by atoms with E-state index in [0.717, 1.165) is 6.42 Å².